The van der Waals surface area contributed by atoms with E-state index in [1.54, 1.807) is 20.8 Å². The molecule has 158 valence electrons. The van der Waals surface area contributed by atoms with Crippen LogP contribution in [0.15, 0.2) is 36.4 Å². The van der Waals surface area contributed by atoms with Gasteiger partial charge in [0.1, 0.15) is 17.2 Å². The van der Waals surface area contributed by atoms with Crippen molar-refractivity contribution in [2.75, 3.05) is 13.2 Å². The zero-order chi connectivity index (χ0) is 21.6. The van der Waals surface area contributed by atoms with Crippen LogP contribution in [0, 0.1) is 25.5 Å². The highest BCUT2D eigenvalue weighted by atomic mass is 19.1. The maximum Gasteiger partial charge on any atom is 0.407 e. The number of alkyl carbamates (subject to hydrolysis) is 1. The van der Waals surface area contributed by atoms with E-state index in [0.717, 1.165) is 16.7 Å². The van der Waals surface area contributed by atoms with Gasteiger partial charge in [-0.2, -0.15) is 0 Å². The first-order valence-electron chi connectivity index (χ1n) is 9.62. The van der Waals surface area contributed by atoms with Gasteiger partial charge in [-0.15, -0.1) is 0 Å². The molecule has 2 rings (SSSR count). The van der Waals surface area contributed by atoms with E-state index in [1.807, 2.05) is 32.0 Å². The molecule has 4 nitrogen and oxygen atoms in total. The van der Waals surface area contributed by atoms with Gasteiger partial charge < -0.3 is 14.8 Å². The third-order valence-electron chi connectivity index (χ3n) is 4.47. The highest BCUT2D eigenvalue weighted by Crippen LogP contribution is 2.25. The monoisotopic (exact) mass is 405 g/mol. The van der Waals surface area contributed by atoms with Gasteiger partial charge in [-0.25, -0.2) is 13.6 Å². The van der Waals surface area contributed by atoms with Crippen LogP contribution in [0.3, 0.4) is 0 Å². The van der Waals surface area contributed by atoms with Gasteiger partial charge in [0.25, 0.3) is 0 Å². The van der Waals surface area contributed by atoms with Crippen molar-refractivity contribution in [1.29, 1.82) is 0 Å². The number of ether oxygens (including phenoxy) is 2. The standard InChI is InChI=1S/C23H29F2NO3/c1-15-8-6-9-16(2)21(15)17(12-26-22(27)29-23(3,4)5)13-28-14-18-19(24)10-7-11-20(18)25/h6-11,17H,12-14H2,1-5H3,(H,26,27). The molecule has 0 aliphatic carbocycles. The minimum absolute atomic E-state index is 0.104. The first-order valence-corrected chi connectivity index (χ1v) is 9.62. The third-order valence-corrected chi connectivity index (χ3v) is 4.47. The molecule has 0 saturated carbocycles. The fourth-order valence-corrected chi connectivity index (χ4v) is 3.21. The molecule has 2 aromatic carbocycles. The second kappa shape index (κ2) is 9.83. The first kappa shape index (κ1) is 22.8. The average Bonchev–Trinajstić information content (AvgIpc) is 2.59. The maximum absolute atomic E-state index is 13.8. The lowest BCUT2D eigenvalue weighted by atomic mass is 9.91. The van der Waals surface area contributed by atoms with E-state index in [0.29, 0.717) is 0 Å². The summed E-state index contributed by atoms with van der Waals surface area (Å²) in [6.07, 6.45) is -0.520. The molecule has 29 heavy (non-hydrogen) atoms. The van der Waals surface area contributed by atoms with Gasteiger partial charge >= 0.3 is 6.09 Å². The van der Waals surface area contributed by atoms with Crippen molar-refractivity contribution in [2.45, 2.75) is 52.7 Å². The van der Waals surface area contributed by atoms with Crippen molar-refractivity contribution in [2.24, 2.45) is 0 Å². The van der Waals surface area contributed by atoms with E-state index >= 15 is 0 Å². The number of hydrogen-bond donors (Lipinski definition) is 1. The van der Waals surface area contributed by atoms with Gasteiger partial charge in [-0.1, -0.05) is 24.3 Å². The van der Waals surface area contributed by atoms with E-state index < -0.39 is 23.3 Å². The molecule has 0 saturated heterocycles. The Balaban J connectivity index is 2.11. The van der Waals surface area contributed by atoms with Crippen LogP contribution in [-0.4, -0.2) is 24.8 Å². The third kappa shape index (κ3) is 6.82. The minimum atomic E-state index is -0.638. The van der Waals surface area contributed by atoms with E-state index in [9.17, 15) is 13.6 Å². The lowest BCUT2D eigenvalue weighted by Crippen LogP contribution is -2.36. The van der Waals surface area contributed by atoms with Crippen LogP contribution in [0.4, 0.5) is 13.6 Å². The van der Waals surface area contributed by atoms with Gasteiger partial charge in [-0.05, 0) is 63.4 Å². The maximum atomic E-state index is 13.8. The summed E-state index contributed by atoms with van der Waals surface area (Å²) in [6, 6.07) is 9.66. The predicted molar refractivity (Wildman–Crippen MR) is 109 cm³/mol. The molecule has 1 N–H and O–H groups in total. The summed E-state index contributed by atoms with van der Waals surface area (Å²) in [5.74, 6) is -1.47. The van der Waals surface area contributed by atoms with Crippen molar-refractivity contribution in [1.82, 2.24) is 5.32 Å². The van der Waals surface area contributed by atoms with Crippen LogP contribution in [0.5, 0.6) is 0 Å². The Morgan fingerprint density at radius 3 is 2.14 bits per heavy atom. The molecule has 0 heterocycles. The lowest BCUT2D eigenvalue weighted by Gasteiger charge is -2.24. The van der Waals surface area contributed by atoms with Crippen LogP contribution in [0.2, 0.25) is 0 Å². The highest BCUT2D eigenvalue weighted by Gasteiger charge is 2.21. The zero-order valence-corrected chi connectivity index (χ0v) is 17.6. The molecule has 6 heteroatoms. The highest BCUT2D eigenvalue weighted by molar-refractivity contribution is 5.67. The fraction of sp³-hybridized carbons (Fsp3) is 0.435. The molecular weight excluding hydrogens is 376 g/mol. The molecule has 0 bridgehead atoms. The van der Waals surface area contributed by atoms with Crippen molar-refractivity contribution in [3.8, 4) is 0 Å². The van der Waals surface area contributed by atoms with E-state index in [4.69, 9.17) is 9.47 Å². The second-order valence-electron chi connectivity index (χ2n) is 8.10. The van der Waals surface area contributed by atoms with Crippen molar-refractivity contribution in [3.05, 3.63) is 70.3 Å². The first-order chi connectivity index (χ1) is 13.6. The Bertz CT molecular complexity index is 806. The Labute approximate surface area is 171 Å². The Morgan fingerprint density at radius 1 is 1.03 bits per heavy atom. The van der Waals surface area contributed by atoms with Crippen LogP contribution in [0.25, 0.3) is 0 Å². The summed E-state index contributed by atoms with van der Waals surface area (Å²) in [6.45, 7) is 9.63. The summed E-state index contributed by atoms with van der Waals surface area (Å²) in [7, 11) is 0. The van der Waals surface area contributed by atoms with Gasteiger partial charge in [0.15, 0.2) is 0 Å². The quantitative estimate of drug-likeness (QED) is 0.670. The normalized spacial score (nSPS) is 12.5. The molecular formula is C23H29F2NO3. The van der Waals surface area contributed by atoms with Crippen molar-refractivity contribution in [3.63, 3.8) is 0 Å². The lowest BCUT2D eigenvalue weighted by molar-refractivity contribution is 0.0508. The molecule has 1 unspecified atom stereocenters. The minimum Gasteiger partial charge on any atom is -0.444 e. The zero-order valence-electron chi connectivity index (χ0n) is 17.6. The fourth-order valence-electron chi connectivity index (χ4n) is 3.21. The van der Waals surface area contributed by atoms with E-state index in [1.165, 1.54) is 18.2 Å². The number of halogens is 2. The molecule has 0 aliphatic rings. The topological polar surface area (TPSA) is 47.6 Å². The number of benzene rings is 2. The summed E-state index contributed by atoms with van der Waals surface area (Å²) >= 11 is 0. The van der Waals surface area contributed by atoms with Gasteiger partial charge in [0.05, 0.1) is 13.2 Å². The molecule has 0 spiro atoms. The number of nitrogens with one attached hydrogen (secondary N) is 1. The Kier molecular flexibility index (Phi) is 7.73. The van der Waals surface area contributed by atoms with Crippen LogP contribution in [-0.2, 0) is 16.1 Å². The summed E-state index contributed by atoms with van der Waals surface area (Å²) in [5, 5.41) is 2.77. The van der Waals surface area contributed by atoms with Crippen LogP contribution >= 0.6 is 0 Å². The van der Waals surface area contributed by atoms with E-state index in [2.05, 4.69) is 5.32 Å². The van der Waals surface area contributed by atoms with Crippen LogP contribution < -0.4 is 5.32 Å². The molecule has 0 aromatic heterocycles. The van der Waals surface area contributed by atoms with Gasteiger partial charge in [0, 0.05) is 18.0 Å². The smallest absolute Gasteiger partial charge is 0.407 e. The SMILES string of the molecule is Cc1cccc(C)c1C(CNC(=O)OC(C)(C)C)COCc1c(F)cccc1F. The molecule has 1 atom stereocenters. The molecule has 0 radical (unpaired) electrons. The van der Waals surface area contributed by atoms with Crippen molar-refractivity contribution >= 4 is 6.09 Å². The van der Waals surface area contributed by atoms with Crippen molar-refractivity contribution < 1.29 is 23.0 Å². The number of rotatable bonds is 7. The average molecular weight is 405 g/mol. The molecule has 1 amide bonds. The summed E-state index contributed by atoms with van der Waals surface area (Å²) < 4.78 is 38.7. The number of aryl methyl sites for hydroxylation is 2. The number of hydrogen-bond acceptors (Lipinski definition) is 3. The Hall–Kier alpha value is -2.47. The van der Waals surface area contributed by atoms with Gasteiger partial charge in [-0.3, -0.25) is 0 Å². The summed E-state index contributed by atoms with van der Waals surface area (Å²) in [5.41, 5.74) is 2.45. The number of amides is 1. The Morgan fingerprint density at radius 2 is 1.59 bits per heavy atom. The molecule has 0 aliphatic heterocycles. The number of carbonyl (C=O) groups is 1. The molecule has 2 aromatic rings. The van der Waals surface area contributed by atoms with Gasteiger partial charge in [0.2, 0.25) is 0 Å². The molecule has 0 fully saturated rings. The number of carbonyl (C=O) groups excluding carboxylic acids is 1. The summed E-state index contributed by atoms with van der Waals surface area (Å²) in [4.78, 5) is 12.1. The second-order valence-corrected chi connectivity index (χ2v) is 8.10. The van der Waals surface area contributed by atoms with Crippen LogP contribution in [0.1, 0.15) is 48.9 Å². The predicted octanol–water partition coefficient (Wildman–Crippen LogP) is 5.41. The largest absolute Gasteiger partial charge is 0.444 e. The van der Waals surface area contributed by atoms with E-state index in [-0.39, 0.29) is 31.2 Å².